The average Bonchev–Trinajstić information content (AvgIpc) is 2.17. The van der Waals surface area contributed by atoms with Gasteiger partial charge in [-0.15, -0.1) is 0 Å². The molecule has 0 spiro atoms. The quantitative estimate of drug-likeness (QED) is 0.737. The minimum Gasteiger partial charge on any atom is -0.481 e. The third-order valence-electron chi connectivity index (χ3n) is 3.45. The maximum absolute atomic E-state index is 10.5. The highest BCUT2D eigenvalue weighted by molar-refractivity contribution is 5.66. The first kappa shape index (κ1) is 12.5. The van der Waals surface area contributed by atoms with Crippen LogP contribution in [0.1, 0.15) is 51.9 Å². The lowest BCUT2D eigenvalue weighted by Gasteiger charge is -2.28. The third kappa shape index (κ3) is 4.65. The van der Waals surface area contributed by atoms with Crippen molar-refractivity contribution < 1.29 is 9.90 Å². The molecule has 0 saturated heterocycles. The molecule has 0 radical (unpaired) electrons. The van der Waals surface area contributed by atoms with Gasteiger partial charge in [0.1, 0.15) is 0 Å². The van der Waals surface area contributed by atoms with Gasteiger partial charge >= 0.3 is 5.97 Å². The van der Waals surface area contributed by atoms with E-state index in [9.17, 15) is 4.79 Å². The summed E-state index contributed by atoms with van der Waals surface area (Å²) in [5, 5.41) is 8.67. The van der Waals surface area contributed by atoms with Gasteiger partial charge < -0.3 is 10.8 Å². The molecule has 1 aliphatic carbocycles. The largest absolute Gasteiger partial charge is 0.481 e. The fourth-order valence-electron chi connectivity index (χ4n) is 2.60. The van der Waals surface area contributed by atoms with Crippen molar-refractivity contribution in [2.24, 2.45) is 17.6 Å². The van der Waals surface area contributed by atoms with E-state index in [1.807, 2.05) is 6.92 Å². The lowest BCUT2D eigenvalue weighted by molar-refractivity contribution is -0.138. The van der Waals surface area contributed by atoms with Crippen LogP contribution in [-0.2, 0) is 4.79 Å². The summed E-state index contributed by atoms with van der Waals surface area (Å²) in [7, 11) is 0. The lowest BCUT2D eigenvalue weighted by atomic mass is 9.81. The fourth-order valence-corrected chi connectivity index (χ4v) is 2.60. The van der Waals surface area contributed by atoms with Crippen LogP contribution >= 0.6 is 0 Å². The molecule has 0 amide bonds. The summed E-state index contributed by atoms with van der Waals surface area (Å²) in [5.74, 6) is 0.132. The maximum atomic E-state index is 10.5. The van der Waals surface area contributed by atoms with Crippen molar-refractivity contribution >= 4 is 5.97 Å². The predicted octanol–water partition coefficient (Wildman–Crippen LogP) is 2.39. The molecule has 15 heavy (non-hydrogen) atoms. The molecule has 3 N–H and O–H groups in total. The zero-order chi connectivity index (χ0) is 11.3. The summed E-state index contributed by atoms with van der Waals surface area (Å²) in [5.41, 5.74) is 6.13. The average molecular weight is 213 g/mol. The molecule has 88 valence electrons. The van der Waals surface area contributed by atoms with Crippen LogP contribution in [0, 0.1) is 11.8 Å². The Hall–Kier alpha value is -0.570. The second-order valence-electron chi connectivity index (χ2n) is 5.00. The van der Waals surface area contributed by atoms with Gasteiger partial charge in [-0.3, -0.25) is 4.79 Å². The van der Waals surface area contributed by atoms with Gasteiger partial charge in [-0.2, -0.15) is 0 Å². The summed E-state index contributed by atoms with van der Waals surface area (Å²) in [6, 6.07) is 0.208. The Labute approximate surface area is 92.0 Å². The summed E-state index contributed by atoms with van der Waals surface area (Å²) in [6.07, 6.45) is 7.52. The Morgan fingerprint density at radius 3 is 2.53 bits per heavy atom. The molecule has 0 aliphatic heterocycles. The Kier molecular flexibility index (Phi) is 5.09. The molecular formula is C12H23NO2. The Balaban J connectivity index is 2.26. The van der Waals surface area contributed by atoms with Crippen LogP contribution in [0.3, 0.4) is 0 Å². The van der Waals surface area contributed by atoms with E-state index >= 15 is 0 Å². The van der Waals surface area contributed by atoms with Gasteiger partial charge in [0.05, 0.1) is 0 Å². The first-order valence-corrected chi connectivity index (χ1v) is 6.07. The number of aliphatic carboxylic acids is 1. The molecule has 0 aromatic rings. The number of nitrogens with two attached hydrogens (primary N) is 1. The van der Waals surface area contributed by atoms with Gasteiger partial charge in [0.25, 0.3) is 0 Å². The highest BCUT2D eigenvalue weighted by atomic mass is 16.4. The van der Waals surface area contributed by atoms with Crippen LogP contribution in [0.15, 0.2) is 0 Å². The highest BCUT2D eigenvalue weighted by Gasteiger charge is 2.22. The van der Waals surface area contributed by atoms with Crippen molar-refractivity contribution in [1.29, 1.82) is 0 Å². The van der Waals surface area contributed by atoms with E-state index in [0.29, 0.717) is 5.92 Å². The molecule has 0 unspecified atom stereocenters. The van der Waals surface area contributed by atoms with Crippen molar-refractivity contribution in [2.75, 3.05) is 0 Å². The number of hydrogen-bond donors (Lipinski definition) is 2. The van der Waals surface area contributed by atoms with E-state index in [1.165, 1.54) is 32.1 Å². The Morgan fingerprint density at radius 2 is 2.00 bits per heavy atom. The smallest absolute Gasteiger partial charge is 0.303 e. The second kappa shape index (κ2) is 6.11. The summed E-state index contributed by atoms with van der Waals surface area (Å²) < 4.78 is 0. The molecule has 1 rings (SSSR count). The number of rotatable bonds is 5. The molecule has 1 fully saturated rings. The first-order chi connectivity index (χ1) is 7.09. The zero-order valence-electron chi connectivity index (χ0n) is 9.61. The third-order valence-corrected chi connectivity index (χ3v) is 3.45. The second-order valence-corrected chi connectivity index (χ2v) is 5.00. The van der Waals surface area contributed by atoms with E-state index in [4.69, 9.17) is 10.8 Å². The Morgan fingerprint density at radius 1 is 1.40 bits per heavy atom. The monoisotopic (exact) mass is 213 g/mol. The van der Waals surface area contributed by atoms with Crippen LogP contribution in [0.2, 0.25) is 0 Å². The minimum absolute atomic E-state index is 0.208. The van der Waals surface area contributed by atoms with Crippen LogP contribution in [-0.4, -0.2) is 17.1 Å². The number of carboxylic acids is 1. The molecule has 3 heteroatoms. The molecule has 1 aliphatic rings. The van der Waals surface area contributed by atoms with Crippen molar-refractivity contribution in [2.45, 2.75) is 57.9 Å². The summed E-state index contributed by atoms with van der Waals surface area (Å²) >= 11 is 0. The van der Waals surface area contributed by atoms with Gasteiger partial charge in [0, 0.05) is 12.5 Å². The minimum atomic E-state index is -0.710. The standard InChI is InChI=1S/C12H23NO2/c1-9(8-12(14)15)7-11(13)10-5-3-2-4-6-10/h9-11H,2-8,13H2,1H3,(H,14,15)/t9-,11+/m0/s1. The zero-order valence-corrected chi connectivity index (χ0v) is 9.61. The topological polar surface area (TPSA) is 63.3 Å². The van der Waals surface area contributed by atoms with E-state index in [-0.39, 0.29) is 18.4 Å². The Bertz CT molecular complexity index is 200. The van der Waals surface area contributed by atoms with Crippen molar-refractivity contribution in [3.05, 3.63) is 0 Å². The first-order valence-electron chi connectivity index (χ1n) is 6.07. The number of carbonyl (C=O) groups is 1. The predicted molar refractivity (Wildman–Crippen MR) is 60.6 cm³/mol. The van der Waals surface area contributed by atoms with Gasteiger partial charge in [0.2, 0.25) is 0 Å². The van der Waals surface area contributed by atoms with Crippen molar-refractivity contribution in [3.8, 4) is 0 Å². The van der Waals surface area contributed by atoms with Gasteiger partial charge in [-0.25, -0.2) is 0 Å². The molecular weight excluding hydrogens is 190 g/mol. The van der Waals surface area contributed by atoms with E-state index in [1.54, 1.807) is 0 Å². The van der Waals surface area contributed by atoms with Gasteiger partial charge in [-0.1, -0.05) is 26.2 Å². The molecule has 0 heterocycles. The normalized spacial score (nSPS) is 22.3. The SMILES string of the molecule is C[C@H](CC(=O)O)C[C@@H](N)C1CCCCC1. The molecule has 1 saturated carbocycles. The van der Waals surface area contributed by atoms with Crippen LogP contribution in [0.5, 0.6) is 0 Å². The van der Waals surface area contributed by atoms with Crippen LogP contribution in [0.25, 0.3) is 0 Å². The van der Waals surface area contributed by atoms with Gasteiger partial charge in [-0.05, 0) is 31.1 Å². The molecule has 3 nitrogen and oxygen atoms in total. The van der Waals surface area contributed by atoms with Crippen LogP contribution in [0.4, 0.5) is 0 Å². The molecule has 0 aromatic heterocycles. The lowest BCUT2D eigenvalue weighted by Crippen LogP contribution is -2.33. The van der Waals surface area contributed by atoms with E-state index < -0.39 is 5.97 Å². The number of carboxylic acid groups (broad SMARTS) is 1. The fraction of sp³-hybridized carbons (Fsp3) is 0.917. The highest BCUT2D eigenvalue weighted by Crippen LogP contribution is 2.28. The van der Waals surface area contributed by atoms with Crippen LogP contribution < -0.4 is 5.73 Å². The molecule has 2 atom stereocenters. The van der Waals surface area contributed by atoms with E-state index in [2.05, 4.69) is 0 Å². The van der Waals surface area contributed by atoms with Crippen molar-refractivity contribution in [3.63, 3.8) is 0 Å². The molecule has 0 aromatic carbocycles. The number of hydrogen-bond acceptors (Lipinski definition) is 2. The van der Waals surface area contributed by atoms with Crippen molar-refractivity contribution in [1.82, 2.24) is 0 Å². The maximum Gasteiger partial charge on any atom is 0.303 e. The summed E-state index contributed by atoms with van der Waals surface area (Å²) in [4.78, 5) is 10.5. The molecule has 0 bridgehead atoms. The van der Waals surface area contributed by atoms with E-state index in [0.717, 1.165) is 6.42 Å². The summed E-state index contributed by atoms with van der Waals surface area (Å²) in [6.45, 7) is 1.98. The van der Waals surface area contributed by atoms with Gasteiger partial charge in [0.15, 0.2) is 0 Å².